The molecule has 2 aromatic carbocycles. The molecule has 1 heterocycles. The molecule has 10 heteroatoms. The van der Waals surface area contributed by atoms with E-state index in [1.807, 2.05) is 6.07 Å². The maximum Gasteiger partial charge on any atom is 0.417 e. The first-order valence-corrected chi connectivity index (χ1v) is 11.2. The highest BCUT2D eigenvalue weighted by Crippen LogP contribution is 2.38. The summed E-state index contributed by atoms with van der Waals surface area (Å²) >= 11 is 0. The van der Waals surface area contributed by atoms with E-state index in [2.05, 4.69) is 10.3 Å². The van der Waals surface area contributed by atoms with Crippen LogP contribution < -0.4 is 10.1 Å². The van der Waals surface area contributed by atoms with E-state index in [1.54, 1.807) is 26.0 Å². The second-order valence-electron chi connectivity index (χ2n) is 9.31. The van der Waals surface area contributed by atoms with Gasteiger partial charge < -0.3 is 15.2 Å². The number of pyridine rings is 1. The first-order valence-electron chi connectivity index (χ1n) is 11.2. The van der Waals surface area contributed by atoms with E-state index >= 15 is 0 Å². The smallest absolute Gasteiger partial charge is 0.417 e. The van der Waals surface area contributed by atoms with Crippen LogP contribution in [0.25, 0.3) is 0 Å². The maximum absolute atomic E-state index is 14.2. The zero-order valence-corrected chi connectivity index (χ0v) is 20.5. The Morgan fingerprint density at radius 3 is 2.22 bits per heavy atom. The molecule has 0 saturated carbocycles. The van der Waals surface area contributed by atoms with Crippen molar-refractivity contribution in [2.24, 2.45) is 0 Å². The summed E-state index contributed by atoms with van der Waals surface area (Å²) in [7, 11) is 0. The molecule has 0 bridgehead atoms. The summed E-state index contributed by atoms with van der Waals surface area (Å²) in [6.07, 6.45) is -3.95. The Bertz CT molecular complexity index is 1320. The lowest BCUT2D eigenvalue weighted by Crippen LogP contribution is -2.55. The van der Waals surface area contributed by atoms with Gasteiger partial charge in [-0.3, -0.25) is 4.79 Å². The molecule has 0 spiro atoms. The van der Waals surface area contributed by atoms with Crippen LogP contribution in [0.1, 0.15) is 55.9 Å². The zero-order chi connectivity index (χ0) is 27.6. The number of phenolic OH excluding ortho intramolecular Hbond substituents is 1. The predicted molar refractivity (Wildman–Crippen MR) is 127 cm³/mol. The number of halogens is 4. The van der Waals surface area contributed by atoms with Gasteiger partial charge >= 0.3 is 6.18 Å². The molecule has 0 radical (unpaired) electrons. The molecule has 6 nitrogen and oxygen atoms in total. The molecule has 2 unspecified atom stereocenters. The Morgan fingerprint density at radius 2 is 1.68 bits per heavy atom. The fourth-order valence-electron chi connectivity index (χ4n) is 3.80. The van der Waals surface area contributed by atoms with Crippen LogP contribution in [0.4, 0.5) is 17.6 Å². The number of carbonyl (C=O) groups is 1. The highest BCUT2D eigenvalue weighted by molar-refractivity contribution is 5.85. The third-order valence-electron chi connectivity index (χ3n) is 6.23. The van der Waals surface area contributed by atoms with E-state index in [9.17, 15) is 32.7 Å². The average Bonchev–Trinajstić information content (AvgIpc) is 2.82. The van der Waals surface area contributed by atoms with Gasteiger partial charge in [-0.2, -0.15) is 18.4 Å². The standard InChI is InChI=1S/C27H25F4N3O3/c1-16(18-11-17(14-32)12-21(28)13-18)26(4,19-5-8-22(35)9-6-19)34-24(36)25(2,3)37-23-10-7-20(15-33-23)27(29,30)31/h5-13,15-16,35H,1-4H3,(H,34,36). The molecule has 194 valence electrons. The number of benzene rings is 2. The van der Waals surface area contributed by atoms with Gasteiger partial charge in [0, 0.05) is 18.2 Å². The SMILES string of the molecule is CC(c1cc(F)cc(C#N)c1)C(C)(NC(=O)C(C)(C)Oc1ccc(C(F)(F)F)cn1)c1ccc(O)cc1. The largest absolute Gasteiger partial charge is 0.508 e. The van der Waals surface area contributed by atoms with Crippen molar-refractivity contribution < 1.29 is 32.2 Å². The maximum atomic E-state index is 14.2. The number of hydrogen-bond donors (Lipinski definition) is 2. The number of amides is 1. The summed E-state index contributed by atoms with van der Waals surface area (Å²) in [4.78, 5) is 17.1. The van der Waals surface area contributed by atoms with Crippen molar-refractivity contribution in [3.63, 3.8) is 0 Å². The minimum atomic E-state index is -4.57. The summed E-state index contributed by atoms with van der Waals surface area (Å²) in [5.74, 6) is -2.01. The third kappa shape index (κ3) is 6.17. The summed E-state index contributed by atoms with van der Waals surface area (Å²) in [5, 5.41) is 22.0. The first kappa shape index (κ1) is 27.5. The molecule has 3 aromatic rings. The summed E-state index contributed by atoms with van der Waals surface area (Å²) < 4.78 is 58.4. The fraction of sp³-hybridized carbons (Fsp3) is 0.296. The van der Waals surface area contributed by atoms with Crippen LogP contribution in [0.5, 0.6) is 11.6 Å². The lowest BCUT2D eigenvalue weighted by molar-refractivity contribution is -0.139. The first-order chi connectivity index (χ1) is 17.2. The van der Waals surface area contributed by atoms with Crippen molar-refractivity contribution in [3.05, 3.63) is 88.9 Å². The van der Waals surface area contributed by atoms with Crippen LogP contribution in [0, 0.1) is 17.1 Å². The minimum Gasteiger partial charge on any atom is -0.508 e. The molecule has 0 aliphatic carbocycles. The number of nitrogens with zero attached hydrogens (tertiary/aromatic N) is 2. The highest BCUT2D eigenvalue weighted by Gasteiger charge is 2.41. The van der Waals surface area contributed by atoms with Crippen LogP contribution >= 0.6 is 0 Å². The molecule has 37 heavy (non-hydrogen) atoms. The number of nitrogens with one attached hydrogen (secondary N) is 1. The zero-order valence-electron chi connectivity index (χ0n) is 20.5. The Hall–Kier alpha value is -4.13. The summed E-state index contributed by atoms with van der Waals surface area (Å²) in [6, 6.07) is 13.7. The highest BCUT2D eigenvalue weighted by atomic mass is 19.4. The van der Waals surface area contributed by atoms with E-state index in [0.717, 1.165) is 18.2 Å². The predicted octanol–water partition coefficient (Wildman–Crippen LogP) is 5.81. The van der Waals surface area contributed by atoms with Crippen LogP contribution in [0.15, 0.2) is 60.8 Å². The van der Waals surface area contributed by atoms with Gasteiger partial charge in [0.15, 0.2) is 5.60 Å². The van der Waals surface area contributed by atoms with Crippen molar-refractivity contribution >= 4 is 5.91 Å². The number of nitriles is 1. The van der Waals surface area contributed by atoms with E-state index in [-0.39, 0.29) is 17.2 Å². The van der Waals surface area contributed by atoms with Gasteiger partial charge in [0.2, 0.25) is 5.88 Å². The average molecular weight is 516 g/mol. The molecule has 0 saturated heterocycles. The quantitative estimate of drug-likeness (QED) is 0.387. The lowest BCUT2D eigenvalue weighted by atomic mass is 9.76. The molecule has 0 aliphatic heterocycles. The number of rotatable bonds is 7. The number of ether oxygens (including phenoxy) is 1. The Balaban J connectivity index is 1.95. The molecule has 1 aromatic heterocycles. The molecular weight excluding hydrogens is 490 g/mol. The second-order valence-corrected chi connectivity index (χ2v) is 9.31. The monoisotopic (exact) mass is 515 g/mol. The summed E-state index contributed by atoms with van der Waals surface area (Å²) in [5.41, 5.74) is -2.61. The fourth-order valence-corrected chi connectivity index (χ4v) is 3.80. The number of carbonyl (C=O) groups excluding carboxylic acids is 1. The van der Waals surface area contributed by atoms with E-state index in [1.165, 1.54) is 38.1 Å². The van der Waals surface area contributed by atoms with Gasteiger partial charge in [-0.1, -0.05) is 19.1 Å². The third-order valence-corrected chi connectivity index (χ3v) is 6.23. The number of phenols is 1. The van der Waals surface area contributed by atoms with Gasteiger partial charge in [0.05, 0.1) is 22.7 Å². The Kier molecular flexibility index (Phi) is 7.49. The van der Waals surface area contributed by atoms with Gasteiger partial charge in [-0.05, 0) is 68.3 Å². The van der Waals surface area contributed by atoms with Crippen molar-refractivity contribution in [3.8, 4) is 17.7 Å². The molecule has 2 N–H and O–H groups in total. The van der Waals surface area contributed by atoms with Crippen LogP contribution in [0.2, 0.25) is 0 Å². The Labute approximate surface area is 211 Å². The molecule has 0 aliphatic rings. The van der Waals surface area contributed by atoms with Gasteiger partial charge in [0.25, 0.3) is 5.91 Å². The van der Waals surface area contributed by atoms with Crippen molar-refractivity contribution in [1.82, 2.24) is 10.3 Å². The summed E-state index contributed by atoms with van der Waals surface area (Å²) in [6.45, 7) is 6.30. The number of hydrogen-bond acceptors (Lipinski definition) is 5. The van der Waals surface area contributed by atoms with Crippen molar-refractivity contribution in [2.45, 2.75) is 50.9 Å². The van der Waals surface area contributed by atoms with E-state index in [0.29, 0.717) is 17.3 Å². The molecule has 0 fully saturated rings. The second kappa shape index (κ2) is 10.1. The molecule has 3 rings (SSSR count). The topological polar surface area (TPSA) is 95.2 Å². The van der Waals surface area contributed by atoms with E-state index in [4.69, 9.17) is 4.74 Å². The Morgan fingerprint density at radius 1 is 1.05 bits per heavy atom. The molecule has 1 amide bonds. The van der Waals surface area contributed by atoms with Crippen LogP contribution in [-0.4, -0.2) is 21.6 Å². The number of aromatic nitrogens is 1. The van der Waals surface area contributed by atoms with Crippen molar-refractivity contribution in [2.75, 3.05) is 0 Å². The van der Waals surface area contributed by atoms with Crippen LogP contribution in [0.3, 0.4) is 0 Å². The normalized spacial score (nSPS) is 14.2. The van der Waals surface area contributed by atoms with Gasteiger partial charge in [-0.25, -0.2) is 9.37 Å². The molecular formula is C27H25F4N3O3. The van der Waals surface area contributed by atoms with Gasteiger partial charge in [-0.15, -0.1) is 0 Å². The molecule has 2 atom stereocenters. The van der Waals surface area contributed by atoms with E-state index < -0.39 is 40.5 Å². The van der Waals surface area contributed by atoms with Gasteiger partial charge in [0.1, 0.15) is 11.6 Å². The van der Waals surface area contributed by atoms with Crippen molar-refractivity contribution in [1.29, 1.82) is 5.26 Å². The number of aromatic hydroxyl groups is 1. The van der Waals surface area contributed by atoms with Crippen LogP contribution in [-0.2, 0) is 16.5 Å². The lowest BCUT2D eigenvalue weighted by Gasteiger charge is -2.40. The number of alkyl halides is 3. The minimum absolute atomic E-state index is 0.000330.